The van der Waals surface area contributed by atoms with Gasteiger partial charge in [0.1, 0.15) is 0 Å². The Morgan fingerprint density at radius 3 is 1.23 bits per heavy atom. The first-order valence-corrected chi connectivity index (χ1v) is 9.78. The van der Waals surface area contributed by atoms with Crippen molar-refractivity contribution in [1.29, 1.82) is 0 Å². The second-order valence-corrected chi connectivity index (χ2v) is 6.59. The molecule has 0 radical (unpaired) electrons. The lowest BCUT2D eigenvalue weighted by molar-refractivity contribution is -0.136. The van der Waals surface area contributed by atoms with Crippen LogP contribution in [0.2, 0.25) is 0 Å². The molecule has 0 fully saturated rings. The molecule has 0 bridgehead atoms. The Hall–Kier alpha value is -0.660. The summed E-state index contributed by atoms with van der Waals surface area (Å²) in [6, 6.07) is 0. The fraction of sp³-hybridized carbons (Fsp3) is 0.900. The molecule has 0 atom stereocenters. The molecule has 2 heteroatoms. The first kappa shape index (κ1) is 21.3. The van der Waals surface area contributed by atoms with Crippen LogP contribution in [-0.4, -0.2) is 11.6 Å². The van der Waals surface area contributed by atoms with Crippen molar-refractivity contribution in [3.63, 3.8) is 0 Å². The fourth-order valence-corrected chi connectivity index (χ4v) is 2.81. The Morgan fingerprint density at radius 2 is 0.818 bits per heavy atom. The maximum absolute atomic E-state index is 11.5. The van der Waals surface area contributed by atoms with Crippen molar-refractivity contribution in [2.75, 3.05) is 0 Å². The highest BCUT2D eigenvalue weighted by molar-refractivity contribution is 6.37. The third kappa shape index (κ3) is 14.3. The molecule has 0 aromatic carbocycles. The lowest BCUT2D eigenvalue weighted by Gasteiger charge is -2.03. The van der Waals surface area contributed by atoms with E-state index in [-0.39, 0.29) is 11.6 Å². The molecule has 0 unspecified atom stereocenters. The van der Waals surface area contributed by atoms with E-state index in [9.17, 15) is 9.59 Å². The van der Waals surface area contributed by atoms with Gasteiger partial charge in [0, 0.05) is 12.8 Å². The van der Waals surface area contributed by atoms with Gasteiger partial charge in [-0.1, -0.05) is 90.9 Å². The molecular weight excluding hydrogens is 272 g/mol. The van der Waals surface area contributed by atoms with Crippen molar-refractivity contribution in [3.8, 4) is 0 Å². The largest absolute Gasteiger partial charge is 0.291 e. The SMILES string of the molecule is CCCCCCCCCCCCCCCC(=O)C(=O)CCC. The summed E-state index contributed by atoms with van der Waals surface area (Å²) in [5.41, 5.74) is 0. The number of unbranched alkanes of at least 4 members (excludes halogenated alkanes) is 12. The molecule has 0 rings (SSSR count). The van der Waals surface area contributed by atoms with Crippen molar-refractivity contribution >= 4 is 11.6 Å². The number of hydrogen-bond donors (Lipinski definition) is 0. The normalized spacial score (nSPS) is 10.8. The van der Waals surface area contributed by atoms with Gasteiger partial charge in [-0.2, -0.15) is 0 Å². The average molecular weight is 311 g/mol. The Labute approximate surface area is 138 Å². The monoisotopic (exact) mass is 310 g/mol. The minimum absolute atomic E-state index is 0.148. The van der Waals surface area contributed by atoms with Gasteiger partial charge in [0.2, 0.25) is 0 Å². The highest BCUT2D eigenvalue weighted by Gasteiger charge is 2.11. The first-order chi connectivity index (χ1) is 10.7. The summed E-state index contributed by atoms with van der Waals surface area (Å²) in [6.07, 6.45) is 18.6. The number of Topliss-reactive ketones (excluding diaryl/α,β-unsaturated/α-hetero) is 2. The van der Waals surface area contributed by atoms with Crippen LogP contribution in [-0.2, 0) is 9.59 Å². The summed E-state index contributed by atoms with van der Waals surface area (Å²) in [7, 11) is 0. The van der Waals surface area contributed by atoms with E-state index in [1.54, 1.807) is 0 Å². The van der Waals surface area contributed by atoms with Crippen LogP contribution in [0.15, 0.2) is 0 Å². The Bertz CT molecular complexity index is 271. The van der Waals surface area contributed by atoms with E-state index < -0.39 is 0 Å². The van der Waals surface area contributed by atoms with Gasteiger partial charge in [0.15, 0.2) is 11.6 Å². The summed E-state index contributed by atoms with van der Waals surface area (Å²) in [5, 5.41) is 0. The zero-order valence-corrected chi connectivity index (χ0v) is 15.1. The summed E-state index contributed by atoms with van der Waals surface area (Å²) >= 11 is 0. The van der Waals surface area contributed by atoms with Crippen LogP contribution in [0.3, 0.4) is 0 Å². The van der Waals surface area contributed by atoms with Gasteiger partial charge < -0.3 is 0 Å². The van der Waals surface area contributed by atoms with E-state index in [0.717, 1.165) is 19.3 Å². The molecule has 0 amide bonds. The summed E-state index contributed by atoms with van der Waals surface area (Å²) < 4.78 is 0. The Morgan fingerprint density at radius 1 is 0.455 bits per heavy atom. The highest BCUT2D eigenvalue weighted by Crippen LogP contribution is 2.13. The summed E-state index contributed by atoms with van der Waals surface area (Å²) in [5.74, 6) is -0.314. The number of hydrogen-bond acceptors (Lipinski definition) is 2. The van der Waals surface area contributed by atoms with Gasteiger partial charge in [-0.15, -0.1) is 0 Å². The second kappa shape index (κ2) is 16.7. The third-order valence-electron chi connectivity index (χ3n) is 4.30. The second-order valence-electron chi connectivity index (χ2n) is 6.59. The molecule has 0 saturated heterocycles. The van der Waals surface area contributed by atoms with Gasteiger partial charge in [-0.3, -0.25) is 9.59 Å². The molecule has 0 heterocycles. The zero-order valence-electron chi connectivity index (χ0n) is 15.1. The van der Waals surface area contributed by atoms with E-state index in [0.29, 0.717) is 12.8 Å². The molecular formula is C20H38O2. The number of carbonyl (C=O) groups is 2. The topological polar surface area (TPSA) is 34.1 Å². The van der Waals surface area contributed by atoms with Crippen LogP contribution in [0.25, 0.3) is 0 Å². The Balaban J connectivity index is 3.17. The minimum atomic E-state index is -0.165. The smallest absolute Gasteiger partial charge is 0.198 e. The summed E-state index contributed by atoms with van der Waals surface area (Å²) in [6.45, 7) is 4.20. The van der Waals surface area contributed by atoms with Gasteiger partial charge in [0.25, 0.3) is 0 Å². The van der Waals surface area contributed by atoms with Crippen LogP contribution in [0, 0.1) is 0 Å². The average Bonchev–Trinajstić information content (AvgIpc) is 2.51. The molecule has 0 aliphatic carbocycles. The number of ketones is 2. The van der Waals surface area contributed by atoms with Crippen LogP contribution >= 0.6 is 0 Å². The van der Waals surface area contributed by atoms with Crippen molar-refractivity contribution in [3.05, 3.63) is 0 Å². The quantitative estimate of drug-likeness (QED) is 0.230. The van der Waals surface area contributed by atoms with Crippen LogP contribution in [0.4, 0.5) is 0 Å². The zero-order chi connectivity index (χ0) is 16.5. The first-order valence-electron chi connectivity index (χ1n) is 9.78. The minimum Gasteiger partial charge on any atom is -0.291 e. The lowest BCUT2D eigenvalue weighted by Crippen LogP contribution is -2.12. The maximum atomic E-state index is 11.5. The fourth-order valence-electron chi connectivity index (χ4n) is 2.81. The van der Waals surface area contributed by atoms with Crippen molar-refractivity contribution < 1.29 is 9.59 Å². The van der Waals surface area contributed by atoms with Crippen molar-refractivity contribution in [1.82, 2.24) is 0 Å². The van der Waals surface area contributed by atoms with Crippen LogP contribution in [0.1, 0.15) is 117 Å². The molecule has 0 saturated carbocycles. The van der Waals surface area contributed by atoms with E-state index in [1.807, 2.05) is 6.92 Å². The van der Waals surface area contributed by atoms with Gasteiger partial charge in [-0.05, 0) is 12.8 Å². The standard InChI is InChI=1S/C20H38O2/c1-3-5-6-7-8-9-10-11-12-13-14-15-16-18-20(22)19(21)17-4-2/h3-18H2,1-2H3. The molecule has 130 valence electrons. The van der Waals surface area contributed by atoms with Crippen molar-refractivity contribution in [2.24, 2.45) is 0 Å². The van der Waals surface area contributed by atoms with Crippen LogP contribution in [0.5, 0.6) is 0 Å². The molecule has 0 aromatic heterocycles. The highest BCUT2D eigenvalue weighted by atomic mass is 16.2. The third-order valence-corrected chi connectivity index (χ3v) is 4.30. The molecule has 0 aliphatic rings. The molecule has 0 aliphatic heterocycles. The Kier molecular flexibility index (Phi) is 16.2. The molecule has 2 nitrogen and oxygen atoms in total. The van der Waals surface area contributed by atoms with Gasteiger partial charge in [0.05, 0.1) is 0 Å². The van der Waals surface area contributed by atoms with Gasteiger partial charge >= 0.3 is 0 Å². The molecule has 0 aromatic rings. The van der Waals surface area contributed by atoms with Crippen molar-refractivity contribution in [2.45, 2.75) is 117 Å². The lowest BCUT2D eigenvalue weighted by atomic mass is 10.0. The van der Waals surface area contributed by atoms with E-state index in [4.69, 9.17) is 0 Å². The summed E-state index contributed by atoms with van der Waals surface area (Å²) in [4.78, 5) is 22.8. The van der Waals surface area contributed by atoms with E-state index in [2.05, 4.69) is 6.92 Å². The van der Waals surface area contributed by atoms with E-state index in [1.165, 1.54) is 70.6 Å². The van der Waals surface area contributed by atoms with Gasteiger partial charge in [-0.25, -0.2) is 0 Å². The van der Waals surface area contributed by atoms with Crippen LogP contribution < -0.4 is 0 Å². The number of carbonyl (C=O) groups excluding carboxylic acids is 2. The van der Waals surface area contributed by atoms with E-state index >= 15 is 0 Å². The number of rotatable bonds is 17. The predicted octanol–water partition coefficient (Wildman–Crippen LogP) is 6.41. The maximum Gasteiger partial charge on any atom is 0.198 e. The molecule has 22 heavy (non-hydrogen) atoms. The molecule has 0 N–H and O–H groups in total. The molecule has 0 spiro atoms. The predicted molar refractivity (Wildman–Crippen MR) is 95.2 cm³/mol.